The molecule has 0 saturated heterocycles. The molecule has 2 amide bonds. The Morgan fingerprint density at radius 3 is 2.27 bits per heavy atom. The number of aryl methyl sites for hydroxylation is 1. The number of halogens is 1. The molecule has 3 aromatic carbocycles. The molecule has 4 N–H and O–H groups in total. The summed E-state index contributed by atoms with van der Waals surface area (Å²) in [6, 6.07) is 18.8. The van der Waals surface area contributed by atoms with Crippen LogP contribution in [-0.2, 0) is 17.8 Å². The van der Waals surface area contributed by atoms with Crippen LogP contribution in [0.1, 0.15) is 17.5 Å². The third-order valence-corrected chi connectivity index (χ3v) is 4.54. The van der Waals surface area contributed by atoms with Crippen LogP contribution in [0.25, 0.3) is 11.1 Å². The predicted molar refractivity (Wildman–Crippen MR) is 113 cm³/mol. The maximum atomic E-state index is 14.0. The number of carboxylic acid groups (broad SMARTS) is 1. The molecular formula is C23H21FN2O4. The second kappa shape index (κ2) is 9.67. The van der Waals surface area contributed by atoms with Gasteiger partial charge in [0.15, 0.2) is 0 Å². The third kappa shape index (κ3) is 5.42. The van der Waals surface area contributed by atoms with Crippen LogP contribution in [0.5, 0.6) is 0 Å². The topological polar surface area (TPSA) is 98.7 Å². The fourth-order valence-corrected chi connectivity index (χ4v) is 3.06. The van der Waals surface area contributed by atoms with Crippen LogP contribution in [0.15, 0.2) is 66.7 Å². The SMILES string of the molecule is O=C(O)Nc1cc(CCC(=O)Nc2ccc(CO)cc2F)ccc1-c1ccccc1. The summed E-state index contributed by atoms with van der Waals surface area (Å²) in [5.74, 6) is -0.986. The van der Waals surface area contributed by atoms with E-state index in [0.29, 0.717) is 17.7 Å². The lowest BCUT2D eigenvalue weighted by atomic mass is 9.99. The fraction of sp³-hybridized carbons (Fsp3) is 0.130. The van der Waals surface area contributed by atoms with Crippen molar-refractivity contribution in [3.05, 3.63) is 83.7 Å². The van der Waals surface area contributed by atoms with Crippen molar-refractivity contribution >= 4 is 23.4 Å². The monoisotopic (exact) mass is 408 g/mol. The average molecular weight is 408 g/mol. The number of aliphatic hydroxyl groups is 1. The number of hydrogen-bond acceptors (Lipinski definition) is 3. The molecule has 6 nitrogen and oxygen atoms in total. The van der Waals surface area contributed by atoms with Gasteiger partial charge >= 0.3 is 6.09 Å². The standard InChI is InChI=1S/C23H21FN2O4/c24-19-12-16(14-27)7-10-20(19)25-22(28)11-8-15-6-9-18(17-4-2-1-3-5-17)21(13-15)26-23(29)30/h1-7,9-10,12-13,26-27H,8,11,14H2,(H,25,28)(H,29,30). The first kappa shape index (κ1) is 21.0. The molecule has 3 aromatic rings. The zero-order valence-corrected chi connectivity index (χ0v) is 16.1. The van der Waals surface area contributed by atoms with Crippen molar-refractivity contribution in [2.75, 3.05) is 10.6 Å². The lowest BCUT2D eigenvalue weighted by molar-refractivity contribution is -0.116. The molecule has 0 saturated carbocycles. The molecule has 0 radical (unpaired) electrons. The van der Waals surface area contributed by atoms with E-state index in [1.807, 2.05) is 36.4 Å². The van der Waals surface area contributed by atoms with Crippen molar-refractivity contribution in [3.8, 4) is 11.1 Å². The van der Waals surface area contributed by atoms with Crippen molar-refractivity contribution in [1.29, 1.82) is 0 Å². The van der Waals surface area contributed by atoms with Gasteiger partial charge in [-0.15, -0.1) is 0 Å². The minimum atomic E-state index is -1.18. The van der Waals surface area contributed by atoms with Crippen molar-refractivity contribution < 1.29 is 24.2 Å². The van der Waals surface area contributed by atoms with E-state index in [1.54, 1.807) is 12.1 Å². The average Bonchev–Trinajstić information content (AvgIpc) is 2.74. The van der Waals surface area contributed by atoms with Gasteiger partial charge in [0.05, 0.1) is 18.0 Å². The van der Waals surface area contributed by atoms with Crippen LogP contribution in [0.3, 0.4) is 0 Å². The molecule has 154 valence electrons. The first-order valence-electron chi connectivity index (χ1n) is 9.33. The number of nitrogens with one attached hydrogen (secondary N) is 2. The van der Waals surface area contributed by atoms with Gasteiger partial charge < -0.3 is 15.5 Å². The number of aliphatic hydroxyl groups excluding tert-OH is 1. The molecule has 0 aliphatic carbocycles. The van der Waals surface area contributed by atoms with Crippen LogP contribution >= 0.6 is 0 Å². The predicted octanol–water partition coefficient (Wildman–Crippen LogP) is 4.65. The van der Waals surface area contributed by atoms with E-state index in [9.17, 15) is 14.0 Å². The Balaban J connectivity index is 1.70. The summed E-state index contributed by atoms with van der Waals surface area (Å²) in [4.78, 5) is 23.4. The molecule has 7 heteroatoms. The van der Waals surface area contributed by atoms with Gasteiger partial charge in [-0.2, -0.15) is 0 Å². The molecule has 0 atom stereocenters. The molecule has 0 heterocycles. The molecule has 0 aliphatic heterocycles. The molecule has 30 heavy (non-hydrogen) atoms. The highest BCUT2D eigenvalue weighted by Gasteiger charge is 2.11. The lowest BCUT2D eigenvalue weighted by Gasteiger charge is -2.12. The van der Waals surface area contributed by atoms with E-state index in [2.05, 4.69) is 10.6 Å². The van der Waals surface area contributed by atoms with Gasteiger partial charge in [-0.25, -0.2) is 9.18 Å². The number of amides is 2. The van der Waals surface area contributed by atoms with Crippen molar-refractivity contribution in [3.63, 3.8) is 0 Å². The van der Waals surface area contributed by atoms with E-state index in [4.69, 9.17) is 10.2 Å². The summed E-state index contributed by atoms with van der Waals surface area (Å²) in [5, 5.41) is 23.1. The summed E-state index contributed by atoms with van der Waals surface area (Å²) >= 11 is 0. The van der Waals surface area contributed by atoms with Crippen LogP contribution in [0.2, 0.25) is 0 Å². The van der Waals surface area contributed by atoms with Gasteiger partial charge in [-0.05, 0) is 41.3 Å². The smallest absolute Gasteiger partial charge is 0.409 e. The molecule has 0 aromatic heterocycles. The van der Waals surface area contributed by atoms with Crippen LogP contribution in [0.4, 0.5) is 20.6 Å². The normalized spacial score (nSPS) is 10.5. The summed E-state index contributed by atoms with van der Waals surface area (Å²) in [5.41, 5.74) is 3.26. The van der Waals surface area contributed by atoms with Gasteiger partial charge in [-0.3, -0.25) is 10.1 Å². The zero-order valence-electron chi connectivity index (χ0n) is 16.1. The first-order valence-corrected chi connectivity index (χ1v) is 9.33. The number of hydrogen-bond donors (Lipinski definition) is 4. The van der Waals surface area contributed by atoms with Gasteiger partial charge in [0.2, 0.25) is 5.91 Å². The Morgan fingerprint density at radius 2 is 1.60 bits per heavy atom. The van der Waals surface area contributed by atoms with Crippen molar-refractivity contribution in [1.82, 2.24) is 0 Å². The molecule has 0 unspecified atom stereocenters. The number of benzene rings is 3. The molecule has 3 rings (SSSR count). The molecule has 0 aliphatic rings. The molecule has 0 bridgehead atoms. The molecule has 0 spiro atoms. The van der Waals surface area contributed by atoms with Crippen LogP contribution < -0.4 is 10.6 Å². The highest BCUT2D eigenvalue weighted by atomic mass is 19.1. The minimum absolute atomic E-state index is 0.0462. The van der Waals surface area contributed by atoms with E-state index >= 15 is 0 Å². The van der Waals surface area contributed by atoms with Crippen molar-refractivity contribution in [2.24, 2.45) is 0 Å². The summed E-state index contributed by atoms with van der Waals surface area (Å²) in [7, 11) is 0. The quantitative estimate of drug-likeness (QED) is 0.457. The summed E-state index contributed by atoms with van der Waals surface area (Å²) in [6.07, 6.45) is -0.729. The lowest BCUT2D eigenvalue weighted by Crippen LogP contribution is -2.14. The fourth-order valence-electron chi connectivity index (χ4n) is 3.06. The van der Waals surface area contributed by atoms with E-state index in [1.165, 1.54) is 18.2 Å². The number of rotatable bonds is 7. The van der Waals surface area contributed by atoms with Crippen LogP contribution in [0, 0.1) is 5.82 Å². The zero-order chi connectivity index (χ0) is 21.5. The second-order valence-electron chi connectivity index (χ2n) is 6.70. The number of carbonyl (C=O) groups excluding carboxylic acids is 1. The first-order chi connectivity index (χ1) is 14.5. The van der Waals surface area contributed by atoms with E-state index in [0.717, 1.165) is 16.7 Å². The Bertz CT molecular complexity index is 1050. The highest BCUT2D eigenvalue weighted by molar-refractivity contribution is 5.92. The van der Waals surface area contributed by atoms with Gasteiger partial charge in [0, 0.05) is 12.0 Å². The second-order valence-corrected chi connectivity index (χ2v) is 6.70. The maximum Gasteiger partial charge on any atom is 0.409 e. The van der Waals surface area contributed by atoms with Gasteiger partial charge in [-0.1, -0.05) is 48.5 Å². The summed E-state index contributed by atoms with van der Waals surface area (Å²) in [6.45, 7) is -0.281. The molecular weight excluding hydrogens is 387 g/mol. The Morgan fingerprint density at radius 1 is 0.867 bits per heavy atom. The highest BCUT2D eigenvalue weighted by Crippen LogP contribution is 2.29. The van der Waals surface area contributed by atoms with Gasteiger partial charge in [0.1, 0.15) is 5.82 Å². The molecule has 0 fully saturated rings. The minimum Gasteiger partial charge on any atom is -0.465 e. The third-order valence-electron chi connectivity index (χ3n) is 4.54. The Kier molecular flexibility index (Phi) is 6.77. The van der Waals surface area contributed by atoms with Crippen molar-refractivity contribution in [2.45, 2.75) is 19.4 Å². The van der Waals surface area contributed by atoms with E-state index in [-0.39, 0.29) is 24.6 Å². The number of carbonyl (C=O) groups is 2. The Hall–Kier alpha value is -3.71. The maximum absolute atomic E-state index is 14.0. The van der Waals surface area contributed by atoms with Gasteiger partial charge in [0.25, 0.3) is 0 Å². The van der Waals surface area contributed by atoms with E-state index < -0.39 is 11.9 Å². The Labute approximate surface area is 173 Å². The number of anilines is 2. The van der Waals surface area contributed by atoms with Crippen LogP contribution in [-0.4, -0.2) is 22.2 Å². The summed E-state index contributed by atoms with van der Waals surface area (Å²) < 4.78 is 14.0. The largest absolute Gasteiger partial charge is 0.465 e.